The molecule has 0 heterocycles. The van der Waals surface area contributed by atoms with Crippen molar-refractivity contribution in [1.82, 2.24) is 0 Å². The van der Waals surface area contributed by atoms with Crippen molar-refractivity contribution in [3.05, 3.63) is 66.5 Å². The number of carbonyl (C=O) groups is 1. The molecule has 2 aromatic carbocycles. The molecule has 0 saturated carbocycles. The second kappa shape index (κ2) is 5.68. The zero-order valence-corrected chi connectivity index (χ0v) is 14.3. The summed E-state index contributed by atoms with van der Waals surface area (Å²) in [5.41, 5.74) is 2.42. The topological polar surface area (TPSA) is 17.1 Å². The van der Waals surface area contributed by atoms with Gasteiger partial charge in [0.25, 0.3) is 0 Å². The fourth-order valence-electron chi connectivity index (χ4n) is 1.61. The third-order valence-corrected chi connectivity index (χ3v) is 4.58. The van der Waals surface area contributed by atoms with Crippen molar-refractivity contribution < 1.29 is 4.79 Å². The van der Waals surface area contributed by atoms with E-state index in [2.05, 4.69) is 47.8 Å². The molecule has 0 aliphatic rings. The van der Waals surface area contributed by atoms with Crippen LogP contribution in [0.5, 0.6) is 0 Å². The Kier molecular flexibility index (Phi) is 4.41. The van der Waals surface area contributed by atoms with Crippen LogP contribution in [0.25, 0.3) is 0 Å². The summed E-state index contributed by atoms with van der Waals surface area (Å²) in [7, 11) is 0. The minimum atomic E-state index is 0.00359. The van der Waals surface area contributed by atoms with Gasteiger partial charge < -0.3 is 0 Å². The molecule has 0 aromatic heterocycles. The highest BCUT2D eigenvalue weighted by Crippen LogP contribution is 2.27. The monoisotopic (exact) mass is 430 g/mol. The minimum Gasteiger partial charge on any atom is -0.289 e. The molecule has 2 rings (SSSR count). The Morgan fingerprint density at radius 3 is 2.39 bits per heavy atom. The van der Waals surface area contributed by atoms with E-state index < -0.39 is 0 Å². The second-order valence-corrected chi connectivity index (χ2v) is 6.55. The lowest BCUT2D eigenvalue weighted by Crippen LogP contribution is -2.03. The van der Waals surface area contributed by atoms with Gasteiger partial charge in [0.2, 0.25) is 0 Å². The SMILES string of the molecule is Cc1cc(Br)c(C(=O)c2cccc(Br)c2)cc1Br. The van der Waals surface area contributed by atoms with Crippen LogP contribution in [-0.4, -0.2) is 5.78 Å². The van der Waals surface area contributed by atoms with E-state index in [4.69, 9.17) is 0 Å². The first-order valence-electron chi connectivity index (χ1n) is 5.25. The van der Waals surface area contributed by atoms with Crippen LogP contribution in [0.4, 0.5) is 0 Å². The summed E-state index contributed by atoms with van der Waals surface area (Å²) in [4.78, 5) is 12.4. The molecule has 0 bridgehead atoms. The van der Waals surface area contributed by atoms with E-state index >= 15 is 0 Å². The van der Waals surface area contributed by atoms with Crippen LogP contribution in [0.2, 0.25) is 0 Å². The van der Waals surface area contributed by atoms with E-state index in [1.165, 1.54) is 0 Å². The van der Waals surface area contributed by atoms with E-state index in [0.29, 0.717) is 11.1 Å². The first kappa shape index (κ1) is 14.0. The van der Waals surface area contributed by atoms with Crippen molar-refractivity contribution in [2.24, 2.45) is 0 Å². The smallest absolute Gasteiger partial charge is 0.194 e. The number of hydrogen-bond acceptors (Lipinski definition) is 1. The minimum absolute atomic E-state index is 0.00359. The van der Waals surface area contributed by atoms with Gasteiger partial charge in [0.05, 0.1) is 0 Å². The maximum absolute atomic E-state index is 12.4. The van der Waals surface area contributed by atoms with Crippen molar-refractivity contribution in [3.63, 3.8) is 0 Å². The highest BCUT2D eigenvalue weighted by Gasteiger charge is 2.14. The van der Waals surface area contributed by atoms with Gasteiger partial charge in [0.15, 0.2) is 5.78 Å². The van der Waals surface area contributed by atoms with Gasteiger partial charge >= 0.3 is 0 Å². The second-order valence-electron chi connectivity index (χ2n) is 3.92. The molecule has 4 heteroatoms. The van der Waals surface area contributed by atoms with Gasteiger partial charge in [-0.3, -0.25) is 4.79 Å². The fourth-order valence-corrected chi connectivity index (χ4v) is 2.99. The first-order valence-corrected chi connectivity index (χ1v) is 7.63. The Labute approximate surface area is 131 Å². The molecule has 0 aliphatic carbocycles. The van der Waals surface area contributed by atoms with Gasteiger partial charge in [-0.1, -0.05) is 59.9 Å². The number of rotatable bonds is 2. The van der Waals surface area contributed by atoms with Crippen molar-refractivity contribution in [2.75, 3.05) is 0 Å². The van der Waals surface area contributed by atoms with E-state index in [0.717, 1.165) is 19.0 Å². The number of halogens is 3. The lowest BCUT2D eigenvalue weighted by atomic mass is 10.0. The Bertz CT molecular complexity index is 620. The maximum atomic E-state index is 12.4. The van der Waals surface area contributed by atoms with Crippen LogP contribution in [0.1, 0.15) is 21.5 Å². The zero-order valence-electron chi connectivity index (χ0n) is 9.51. The third-order valence-electron chi connectivity index (χ3n) is 2.58. The summed E-state index contributed by atoms with van der Waals surface area (Å²) in [5.74, 6) is 0.00359. The lowest BCUT2D eigenvalue weighted by molar-refractivity contribution is 0.103. The molecule has 0 amide bonds. The Morgan fingerprint density at radius 1 is 1.00 bits per heavy atom. The highest BCUT2D eigenvalue weighted by atomic mass is 79.9. The third kappa shape index (κ3) is 2.92. The van der Waals surface area contributed by atoms with Gasteiger partial charge in [-0.25, -0.2) is 0 Å². The van der Waals surface area contributed by atoms with Crippen LogP contribution in [0, 0.1) is 6.92 Å². The summed E-state index contributed by atoms with van der Waals surface area (Å²) >= 11 is 10.3. The molecule has 0 radical (unpaired) electrons. The molecule has 18 heavy (non-hydrogen) atoms. The summed E-state index contributed by atoms with van der Waals surface area (Å²) in [6, 6.07) is 11.2. The van der Waals surface area contributed by atoms with E-state index in [1.54, 1.807) is 0 Å². The van der Waals surface area contributed by atoms with Crippen molar-refractivity contribution in [1.29, 1.82) is 0 Å². The molecule has 0 fully saturated rings. The van der Waals surface area contributed by atoms with E-state index in [9.17, 15) is 4.79 Å². The van der Waals surface area contributed by atoms with Gasteiger partial charge in [-0.2, -0.15) is 0 Å². The highest BCUT2D eigenvalue weighted by molar-refractivity contribution is 9.11. The van der Waals surface area contributed by atoms with Gasteiger partial charge in [0, 0.05) is 24.5 Å². The Balaban J connectivity index is 2.49. The molecular weight excluding hydrogens is 424 g/mol. The average Bonchev–Trinajstić information content (AvgIpc) is 2.33. The normalized spacial score (nSPS) is 10.4. The quantitative estimate of drug-likeness (QED) is 0.571. The van der Waals surface area contributed by atoms with Gasteiger partial charge in [0.1, 0.15) is 0 Å². The number of hydrogen-bond donors (Lipinski definition) is 0. The Hall–Kier alpha value is -0.450. The molecule has 92 valence electrons. The van der Waals surface area contributed by atoms with Crippen molar-refractivity contribution in [3.8, 4) is 0 Å². The molecule has 0 aliphatic heterocycles. The summed E-state index contributed by atoms with van der Waals surface area (Å²) in [6.45, 7) is 1.99. The van der Waals surface area contributed by atoms with Gasteiger partial charge in [-0.15, -0.1) is 0 Å². The largest absolute Gasteiger partial charge is 0.289 e. The number of benzene rings is 2. The molecule has 0 unspecified atom stereocenters. The predicted octanol–water partition coefficient (Wildman–Crippen LogP) is 5.51. The molecule has 1 nitrogen and oxygen atoms in total. The molecule has 0 N–H and O–H groups in total. The van der Waals surface area contributed by atoms with Crippen LogP contribution in [0.3, 0.4) is 0 Å². The van der Waals surface area contributed by atoms with Crippen LogP contribution >= 0.6 is 47.8 Å². The number of aryl methyl sites for hydroxylation is 1. The molecule has 0 saturated heterocycles. The summed E-state index contributed by atoms with van der Waals surface area (Å²) < 4.78 is 2.65. The average molecular weight is 433 g/mol. The summed E-state index contributed by atoms with van der Waals surface area (Å²) in [5, 5.41) is 0. The van der Waals surface area contributed by atoms with Gasteiger partial charge in [-0.05, 0) is 36.8 Å². The fraction of sp³-hybridized carbons (Fsp3) is 0.0714. The maximum Gasteiger partial charge on any atom is 0.194 e. The van der Waals surface area contributed by atoms with Crippen LogP contribution in [0.15, 0.2) is 49.8 Å². The molecule has 0 atom stereocenters. The Morgan fingerprint density at radius 2 is 1.72 bits per heavy atom. The van der Waals surface area contributed by atoms with Crippen LogP contribution in [-0.2, 0) is 0 Å². The standard InChI is InChI=1S/C14H9Br3O/c1-8-5-13(17)11(7-12(8)16)14(18)9-3-2-4-10(15)6-9/h2-7H,1H3. The number of ketones is 1. The van der Waals surface area contributed by atoms with Crippen molar-refractivity contribution >= 4 is 53.6 Å². The lowest BCUT2D eigenvalue weighted by Gasteiger charge is -2.07. The zero-order chi connectivity index (χ0) is 13.3. The van der Waals surface area contributed by atoms with E-state index in [1.807, 2.05) is 43.3 Å². The van der Waals surface area contributed by atoms with Crippen LogP contribution < -0.4 is 0 Å². The summed E-state index contributed by atoms with van der Waals surface area (Å²) in [6.07, 6.45) is 0. The molecular formula is C14H9Br3O. The molecule has 0 spiro atoms. The molecule has 2 aromatic rings. The van der Waals surface area contributed by atoms with Crippen molar-refractivity contribution in [2.45, 2.75) is 6.92 Å². The first-order chi connectivity index (χ1) is 8.49. The van der Waals surface area contributed by atoms with E-state index in [-0.39, 0.29) is 5.78 Å². The number of carbonyl (C=O) groups excluding carboxylic acids is 1. The predicted molar refractivity (Wildman–Crippen MR) is 84.2 cm³/mol.